The second-order valence-corrected chi connectivity index (χ2v) is 6.31. The molecular weight excluding hydrogens is 224 g/mol. The lowest BCUT2D eigenvalue weighted by Crippen LogP contribution is -2.47. The molecule has 98 valence electrons. The summed E-state index contributed by atoms with van der Waals surface area (Å²) in [6.07, 6.45) is 11.8. The van der Waals surface area contributed by atoms with Gasteiger partial charge in [-0.25, -0.2) is 4.98 Å². The summed E-state index contributed by atoms with van der Waals surface area (Å²) in [6.45, 7) is 1.08. The minimum atomic E-state index is 0.437. The number of nitrogens with zero attached hydrogens (tertiary/aromatic N) is 3. The summed E-state index contributed by atoms with van der Waals surface area (Å²) < 4.78 is 2.40. The van der Waals surface area contributed by atoms with Crippen molar-refractivity contribution in [2.45, 2.75) is 69.2 Å². The van der Waals surface area contributed by atoms with Gasteiger partial charge in [0, 0.05) is 36.9 Å². The zero-order valence-corrected chi connectivity index (χ0v) is 10.8. The molecule has 1 aliphatic carbocycles. The predicted molar refractivity (Wildman–Crippen MR) is 70.1 cm³/mol. The summed E-state index contributed by atoms with van der Waals surface area (Å²) in [5, 5.41) is 0. The van der Waals surface area contributed by atoms with Gasteiger partial charge in [0.05, 0.1) is 12.0 Å². The van der Waals surface area contributed by atoms with Crippen LogP contribution in [0.15, 0.2) is 12.5 Å². The van der Waals surface area contributed by atoms with Crippen molar-refractivity contribution in [1.82, 2.24) is 14.5 Å². The minimum absolute atomic E-state index is 0.437. The zero-order chi connectivity index (χ0) is 12.1. The zero-order valence-electron chi connectivity index (χ0n) is 10.8. The summed E-state index contributed by atoms with van der Waals surface area (Å²) in [7, 11) is 0. The topological polar surface area (TPSA) is 47.1 Å². The molecule has 4 nitrogen and oxygen atoms in total. The van der Waals surface area contributed by atoms with Crippen LogP contribution in [0, 0.1) is 0 Å². The fraction of sp³-hybridized carbons (Fsp3) is 0.786. The molecule has 0 aromatic carbocycles. The highest BCUT2D eigenvalue weighted by Gasteiger charge is 2.40. The van der Waals surface area contributed by atoms with E-state index in [0.717, 1.165) is 24.7 Å². The minimum Gasteiger partial charge on any atom is -0.330 e. The van der Waals surface area contributed by atoms with Crippen molar-refractivity contribution in [3.8, 4) is 0 Å². The van der Waals surface area contributed by atoms with Crippen LogP contribution in [0.3, 0.4) is 0 Å². The molecule has 2 atom stereocenters. The standard InChI is InChI=1S/C14H22N4/c15-10-5-12-3-4-13(6-10)17(12)8-14-7-16-9-18(14)11-1-2-11/h7,9-13H,1-6,8,15H2. The van der Waals surface area contributed by atoms with Crippen LogP contribution in [0.2, 0.25) is 0 Å². The normalized spacial score (nSPS) is 36.2. The third-order valence-electron chi connectivity index (χ3n) is 4.95. The molecule has 0 spiro atoms. The lowest BCUT2D eigenvalue weighted by Gasteiger charge is -2.37. The van der Waals surface area contributed by atoms with E-state index in [1.807, 2.05) is 6.33 Å². The molecule has 2 unspecified atom stereocenters. The van der Waals surface area contributed by atoms with E-state index >= 15 is 0 Å². The van der Waals surface area contributed by atoms with Crippen LogP contribution in [0.4, 0.5) is 0 Å². The van der Waals surface area contributed by atoms with Gasteiger partial charge in [0.25, 0.3) is 0 Å². The Kier molecular flexibility index (Phi) is 2.49. The number of hydrogen-bond donors (Lipinski definition) is 1. The van der Waals surface area contributed by atoms with Gasteiger partial charge < -0.3 is 10.3 Å². The van der Waals surface area contributed by atoms with E-state index in [2.05, 4.69) is 20.6 Å². The molecule has 0 radical (unpaired) electrons. The Labute approximate surface area is 108 Å². The molecule has 3 heterocycles. The van der Waals surface area contributed by atoms with Crippen molar-refractivity contribution < 1.29 is 0 Å². The molecule has 2 N–H and O–H groups in total. The lowest BCUT2D eigenvalue weighted by molar-refractivity contribution is 0.117. The lowest BCUT2D eigenvalue weighted by atomic mass is 9.98. The SMILES string of the molecule is NC1CC2CCC(C1)N2Cc1cncn1C1CC1. The Hall–Kier alpha value is -0.870. The molecule has 18 heavy (non-hydrogen) atoms. The van der Waals surface area contributed by atoms with Gasteiger partial charge in [0.2, 0.25) is 0 Å². The quantitative estimate of drug-likeness (QED) is 0.882. The molecule has 3 fully saturated rings. The molecule has 0 amide bonds. The molecule has 4 rings (SSSR count). The van der Waals surface area contributed by atoms with Crippen LogP contribution in [-0.4, -0.2) is 32.6 Å². The van der Waals surface area contributed by atoms with E-state index < -0.39 is 0 Å². The molecule has 2 saturated heterocycles. The van der Waals surface area contributed by atoms with Crippen molar-refractivity contribution in [2.75, 3.05) is 0 Å². The third kappa shape index (κ3) is 1.79. The Balaban J connectivity index is 1.53. The van der Waals surface area contributed by atoms with Crippen LogP contribution in [-0.2, 0) is 6.54 Å². The summed E-state index contributed by atoms with van der Waals surface area (Å²) in [5.74, 6) is 0. The largest absolute Gasteiger partial charge is 0.330 e. The first-order valence-corrected chi connectivity index (χ1v) is 7.33. The maximum absolute atomic E-state index is 6.14. The number of piperidine rings is 1. The highest BCUT2D eigenvalue weighted by Crippen LogP contribution is 2.39. The fourth-order valence-electron chi connectivity index (χ4n) is 3.90. The van der Waals surface area contributed by atoms with Crippen molar-refractivity contribution in [2.24, 2.45) is 5.73 Å². The molecule has 2 bridgehead atoms. The fourth-order valence-corrected chi connectivity index (χ4v) is 3.90. The number of hydrogen-bond acceptors (Lipinski definition) is 3. The number of aromatic nitrogens is 2. The van der Waals surface area contributed by atoms with Gasteiger partial charge in [-0.1, -0.05) is 0 Å². The first-order chi connectivity index (χ1) is 8.81. The van der Waals surface area contributed by atoms with Gasteiger partial charge in [-0.15, -0.1) is 0 Å². The van der Waals surface area contributed by atoms with Crippen LogP contribution < -0.4 is 5.73 Å². The highest BCUT2D eigenvalue weighted by atomic mass is 15.2. The van der Waals surface area contributed by atoms with E-state index in [1.165, 1.54) is 44.2 Å². The van der Waals surface area contributed by atoms with E-state index in [9.17, 15) is 0 Å². The van der Waals surface area contributed by atoms with Crippen molar-refractivity contribution in [1.29, 1.82) is 0 Å². The molecule has 4 heteroatoms. The first-order valence-electron chi connectivity index (χ1n) is 7.33. The number of nitrogens with two attached hydrogens (primary N) is 1. The van der Waals surface area contributed by atoms with Gasteiger partial charge in [0.15, 0.2) is 0 Å². The molecule has 1 aromatic rings. The molecule has 1 saturated carbocycles. The van der Waals surface area contributed by atoms with Gasteiger partial charge in [-0.2, -0.15) is 0 Å². The first kappa shape index (κ1) is 11.0. The monoisotopic (exact) mass is 246 g/mol. The summed E-state index contributed by atoms with van der Waals surface area (Å²) >= 11 is 0. The van der Waals surface area contributed by atoms with Gasteiger partial charge in [-0.05, 0) is 38.5 Å². The van der Waals surface area contributed by atoms with Crippen molar-refractivity contribution >= 4 is 0 Å². The molecule has 1 aromatic heterocycles. The maximum atomic E-state index is 6.14. The van der Waals surface area contributed by atoms with Crippen molar-refractivity contribution in [3.63, 3.8) is 0 Å². The van der Waals surface area contributed by atoms with Gasteiger partial charge in [0.1, 0.15) is 0 Å². The second-order valence-electron chi connectivity index (χ2n) is 6.31. The maximum Gasteiger partial charge on any atom is 0.0951 e. The molecule has 3 aliphatic rings. The van der Waals surface area contributed by atoms with Crippen molar-refractivity contribution in [3.05, 3.63) is 18.2 Å². The Morgan fingerprint density at radius 3 is 2.44 bits per heavy atom. The van der Waals surface area contributed by atoms with E-state index in [4.69, 9.17) is 5.73 Å². The predicted octanol–water partition coefficient (Wildman–Crippen LogP) is 1.67. The van der Waals surface area contributed by atoms with Crippen LogP contribution >= 0.6 is 0 Å². The van der Waals surface area contributed by atoms with Gasteiger partial charge in [-0.3, -0.25) is 4.90 Å². The van der Waals surface area contributed by atoms with Gasteiger partial charge >= 0.3 is 0 Å². The molecule has 2 aliphatic heterocycles. The second kappa shape index (κ2) is 4.07. The Morgan fingerprint density at radius 1 is 1.11 bits per heavy atom. The number of fused-ring (bicyclic) bond motifs is 2. The molecular formula is C14H22N4. The van der Waals surface area contributed by atoms with Crippen LogP contribution in [0.25, 0.3) is 0 Å². The summed E-state index contributed by atoms with van der Waals surface area (Å²) in [4.78, 5) is 7.04. The number of rotatable bonds is 3. The highest BCUT2D eigenvalue weighted by molar-refractivity contribution is 5.06. The Morgan fingerprint density at radius 2 is 1.78 bits per heavy atom. The van der Waals surface area contributed by atoms with E-state index in [1.54, 1.807) is 0 Å². The smallest absolute Gasteiger partial charge is 0.0951 e. The summed E-state index contributed by atoms with van der Waals surface area (Å²) in [5.41, 5.74) is 7.54. The average Bonchev–Trinajstić information content (AvgIpc) is 3.05. The van der Waals surface area contributed by atoms with Crippen LogP contribution in [0.1, 0.15) is 50.3 Å². The Bertz CT molecular complexity index is 423. The average molecular weight is 246 g/mol. The van der Waals surface area contributed by atoms with E-state index in [0.29, 0.717) is 6.04 Å². The third-order valence-corrected chi connectivity index (χ3v) is 4.95. The van der Waals surface area contributed by atoms with Crippen LogP contribution in [0.5, 0.6) is 0 Å². The summed E-state index contributed by atoms with van der Waals surface area (Å²) in [6, 6.07) is 2.63. The number of imidazole rings is 1. The van der Waals surface area contributed by atoms with E-state index in [-0.39, 0.29) is 0 Å².